The Morgan fingerprint density at radius 2 is 1.40 bits per heavy atom. The van der Waals surface area contributed by atoms with Gasteiger partial charge in [0.25, 0.3) is 0 Å². The van der Waals surface area contributed by atoms with Crippen molar-refractivity contribution in [1.82, 2.24) is 9.62 Å². The van der Waals surface area contributed by atoms with E-state index in [-0.39, 0.29) is 18.0 Å². The van der Waals surface area contributed by atoms with Crippen molar-refractivity contribution in [2.24, 2.45) is 0 Å². The Hall–Kier alpha value is -3.03. The Balaban J connectivity index is 1.81. The lowest BCUT2D eigenvalue weighted by atomic mass is 9.99. The molecule has 3 aromatic carbocycles. The summed E-state index contributed by atoms with van der Waals surface area (Å²) in [6.45, 7) is 1.42. The van der Waals surface area contributed by atoms with Crippen LogP contribution in [0.4, 0.5) is 4.39 Å². The number of hydrogen-bond acceptors (Lipinski definition) is 3. The SMILES string of the molecule is CCN(CC(=O)NC(c1ccccc1)c1ccccc1)S(=O)(=O)c1ccc(F)cc1. The van der Waals surface area contributed by atoms with E-state index in [9.17, 15) is 17.6 Å². The van der Waals surface area contributed by atoms with Crippen molar-refractivity contribution >= 4 is 15.9 Å². The van der Waals surface area contributed by atoms with Gasteiger partial charge in [-0.25, -0.2) is 12.8 Å². The minimum Gasteiger partial charge on any atom is -0.344 e. The number of halogens is 1. The van der Waals surface area contributed by atoms with Crippen molar-refractivity contribution in [1.29, 1.82) is 0 Å². The van der Waals surface area contributed by atoms with Crippen molar-refractivity contribution in [3.8, 4) is 0 Å². The monoisotopic (exact) mass is 426 g/mol. The van der Waals surface area contributed by atoms with E-state index in [0.29, 0.717) is 0 Å². The quantitative estimate of drug-likeness (QED) is 0.597. The maximum Gasteiger partial charge on any atom is 0.243 e. The zero-order valence-electron chi connectivity index (χ0n) is 16.5. The summed E-state index contributed by atoms with van der Waals surface area (Å²) < 4.78 is 40.0. The van der Waals surface area contributed by atoms with Gasteiger partial charge in [0.2, 0.25) is 15.9 Å². The van der Waals surface area contributed by atoms with E-state index in [1.54, 1.807) is 6.92 Å². The molecule has 0 unspecified atom stereocenters. The van der Waals surface area contributed by atoms with E-state index in [2.05, 4.69) is 5.32 Å². The molecule has 156 valence electrons. The summed E-state index contributed by atoms with van der Waals surface area (Å²) in [6, 6.07) is 23.1. The molecule has 1 N–H and O–H groups in total. The highest BCUT2D eigenvalue weighted by molar-refractivity contribution is 7.89. The second-order valence-electron chi connectivity index (χ2n) is 6.71. The molecular weight excluding hydrogens is 403 g/mol. The Kier molecular flexibility index (Phi) is 6.97. The maximum atomic E-state index is 13.2. The van der Waals surface area contributed by atoms with E-state index in [1.807, 2.05) is 60.7 Å². The number of amides is 1. The summed E-state index contributed by atoms with van der Waals surface area (Å²) in [6.07, 6.45) is 0. The molecule has 0 atom stereocenters. The van der Waals surface area contributed by atoms with Gasteiger partial charge >= 0.3 is 0 Å². The van der Waals surface area contributed by atoms with Crippen molar-refractivity contribution in [3.63, 3.8) is 0 Å². The first-order valence-electron chi connectivity index (χ1n) is 9.57. The molecule has 0 heterocycles. The average Bonchev–Trinajstić information content (AvgIpc) is 2.77. The van der Waals surface area contributed by atoms with Crippen LogP contribution in [0.2, 0.25) is 0 Å². The standard InChI is InChI=1S/C23H23FN2O3S/c1-2-26(30(28,29)21-15-13-20(24)14-16-21)17-22(27)25-23(18-9-5-3-6-10-18)19-11-7-4-8-12-19/h3-16,23H,2,17H2,1H3,(H,25,27). The fourth-order valence-electron chi connectivity index (χ4n) is 3.14. The second-order valence-corrected chi connectivity index (χ2v) is 8.64. The Bertz CT molecular complexity index is 1030. The maximum absolute atomic E-state index is 13.2. The minimum atomic E-state index is -3.92. The van der Waals surface area contributed by atoms with Crippen LogP contribution in [-0.2, 0) is 14.8 Å². The van der Waals surface area contributed by atoms with Crippen molar-refractivity contribution < 1.29 is 17.6 Å². The molecule has 3 rings (SSSR count). The van der Waals surface area contributed by atoms with E-state index < -0.39 is 27.8 Å². The van der Waals surface area contributed by atoms with Crippen molar-refractivity contribution in [2.75, 3.05) is 13.1 Å². The Morgan fingerprint density at radius 3 is 1.87 bits per heavy atom. The zero-order valence-corrected chi connectivity index (χ0v) is 17.3. The molecule has 0 saturated carbocycles. The molecule has 0 aliphatic rings. The molecule has 0 aliphatic heterocycles. The fourth-order valence-corrected chi connectivity index (χ4v) is 4.54. The first kappa shape index (κ1) is 21.7. The minimum absolute atomic E-state index is 0.0544. The van der Waals surface area contributed by atoms with Crippen LogP contribution in [0, 0.1) is 5.82 Å². The lowest BCUT2D eigenvalue weighted by Gasteiger charge is -2.24. The number of carbonyl (C=O) groups is 1. The number of rotatable bonds is 8. The van der Waals surface area contributed by atoms with Crippen LogP contribution in [-0.4, -0.2) is 31.7 Å². The van der Waals surface area contributed by atoms with Crippen molar-refractivity contribution in [2.45, 2.75) is 17.9 Å². The molecule has 0 fully saturated rings. The van der Waals surface area contributed by atoms with E-state index in [0.717, 1.165) is 27.6 Å². The van der Waals surface area contributed by atoms with Gasteiger partial charge in [-0.15, -0.1) is 0 Å². The highest BCUT2D eigenvalue weighted by Gasteiger charge is 2.26. The third kappa shape index (κ3) is 5.11. The first-order valence-corrected chi connectivity index (χ1v) is 11.0. The highest BCUT2D eigenvalue weighted by Crippen LogP contribution is 2.22. The van der Waals surface area contributed by atoms with Crippen LogP contribution in [0.3, 0.4) is 0 Å². The van der Waals surface area contributed by atoms with Gasteiger partial charge in [0.1, 0.15) is 5.82 Å². The summed E-state index contributed by atoms with van der Waals surface area (Å²) in [5.41, 5.74) is 1.78. The third-order valence-corrected chi connectivity index (χ3v) is 6.63. The number of nitrogens with zero attached hydrogens (tertiary/aromatic N) is 1. The average molecular weight is 427 g/mol. The molecule has 5 nitrogen and oxygen atoms in total. The Labute approximate surface area is 176 Å². The molecule has 0 bridgehead atoms. The predicted molar refractivity (Wildman–Crippen MR) is 114 cm³/mol. The van der Waals surface area contributed by atoms with E-state index in [1.165, 1.54) is 12.1 Å². The molecule has 1 amide bonds. The highest BCUT2D eigenvalue weighted by atomic mass is 32.2. The summed E-state index contributed by atoms with van der Waals surface area (Å²) in [4.78, 5) is 12.8. The van der Waals surface area contributed by atoms with Crippen LogP contribution < -0.4 is 5.32 Å². The van der Waals surface area contributed by atoms with Gasteiger partial charge in [0.15, 0.2) is 0 Å². The normalized spacial score (nSPS) is 11.6. The van der Waals surface area contributed by atoms with E-state index in [4.69, 9.17) is 0 Å². The van der Waals surface area contributed by atoms with Crippen LogP contribution in [0.25, 0.3) is 0 Å². The largest absolute Gasteiger partial charge is 0.344 e. The molecule has 0 spiro atoms. The summed E-state index contributed by atoms with van der Waals surface area (Å²) in [5.74, 6) is -0.955. The number of nitrogens with one attached hydrogen (secondary N) is 1. The number of benzene rings is 3. The molecular formula is C23H23FN2O3S. The molecule has 0 saturated heterocycles. The van der Waals surface area contributed by atoms with Gasteiger partial charge in [0, 0.05) is 6.54 Å². The van der Waals surface area contributed by atoms with Crippen molar-refractivity contribution in [3.05, 3.63) is 102 Å². The van der Waals surface area contributed by atoms with E-state index >= 15 is 0 Å². The van der Waals surface area contributed by atoms with Gasteiger partial charge in [-0.2, -0.15) is 4.31 Å². The summed E-state index contributed by atoms with van der Waals surface area (Å²) >= 11 is 0. The first-order chi connectivity index (χ1) is 14.4. The fraction of sp³-hybridized carbons (Fsp3) is 0.174. The molecule has 0 radical (unpaired) electrons. The number of carbonyl (C=O) groups excluding carboxylic acids is 1. The second kappa shape index (κ2) is 9.65. The van der Waals surface area contributed by atoms with Gasteiger partial charge < -0.3 is 5.32 Å². The molecule has 0 aromatic heterocycles. The smallest absolute Gasteiger partial charge is 0.243 e. The predicted octanol–water partition coefficient (Wildman–Crippen LogP) is 3.74. The van der Waals surface area contributed by atoms with Crippen LogP contribution >= 0.6 is 0 Å². The molecule has 7 heteroatoms. The number of hydrogen-bond donors (Lipinski definition) is 1. The third-order valence-electron chi connectivity index (χ3n) is 4.70. The number of likely N-dealkylation sites (N-methyl/N-ethyl adjacent to an activating group) is 1. The lowest BCUT2D eigenvalue weighted by molar-refractivity contribution is -0.121. The topological polar surface area (TPSA) is 66.5 Å². The Morgan fingerprint density at radius 1 is 0.900 bits per heavy atom. The molecule has 3 aromatic rings. The summed E-state index contributed by atoms with van der Waals surface area (Å²) in [5, 5.41) is 2.94. The zero-order chi connectivity index (χ0) is 21.6. The van der Waals surface area contributed by atoms with Crippen LogP contribution in [0.1, 0.15) is 24.1 Å². The van der Waals surface area contributed by atoms with Crippen LogP contribution in [0.5, 0.6) is 0 Å². The van der Waals surface area contributed by atoms with Gasteiger partial charge in [-0.1, -0.05) is 67.6 Å². The van der Waals surface area contributed by atoms with Crippen LogP contribution in [0.15, 0.2) is 89.8 Å². The molecule has 30 heavy (non-hydrogen) atoms. The van der Waals surface area contributed by atoms with Gasteiger partial charge in [0.05, 0.1) is 17.5 Å². The summed E-state index contributed by atoms with van der Waals surface area (Å²) in [7, 11) is -3.92. The number of sulfonamides is 1. The molecule has 0 aliphatic carbocycles. The van der Waals surface area contributed by atoms with Gasteiger partial charge in [-0.05, 0) is 35.4 Å². The van der Waals surface area contributed by atoms with Gasteiger partial charge in [-0.3, -0.25) is 4.79 Å². The lowest BCUT2D eigenvalue weighted by Crippen LogP contribution is -2.42.